The summed E-state index contributed by atoms with van der Waals surface area (Å²) in [5.74, 6) is -1.21. The number of nitrogens with zero attached hydrogens (tertiary/aromatic N) is 2. The van der Waals surface area contributed by atoms with Crippen LogP contribution >= 0.6 is 0 Å². The van der Waals surface area contributed by atoms with Crippen molar-refractivity contribution in [3.05, 3.63) is 35.4 Å². The lowest BCUT2D eigenvalue weighted by atomic mass is 9.90. The van der Waals surface area contributed by atoms with Crippen LogP contribution in [0, 0.1) is 23.0 Å². The minimum absolute atomic E-state index is 0.0843. The van der Waals surface area contributed by atoms with Gasteiger partial charge in [0.1, 0.15) is 17.2 Å². The minimum atomic E-state index is -0.958. The van der Waals surface area contributed by atoms with Crippen molar-refractivity contribution >= 4 is 0 Å². The number of likely N-dealkylation sites (tertiary alicyclic amines) is 1. The van der Waals surface area contributed by atoms with E-state index in [0.717, 1.165) is 6.07 Å². The Labute approximate surface area is 97.9 Å². The smallest absolute Gasteiger partial charge is 0.126 e. The molecule has 0 aromatic heterocycles. The van der Waals surface area contributed by atoms with Gasteiger partial charge >= 0.3 is 0 Å². The number of hydrogen-bond acceptors (Lipinski definition) is 3. The molecule has 1 aromatic rings. The van der Waals surface area contributed by atoms with E-state index in [1.807, 2.05) is 11.0 Å². The third kappa shape index (κ3) is 2.78. The SMILES string of the molecule is N#CCC1(O)CN(Cc2cc(F)cc(F)c2)C1. The summed E-state index contributed by atoms with van der Waals surface area (Å²) in [6.45, 7) is 1.10. The van der Waals surface area contributed by atoms with Crippen molar-refractivity contribution in [1.29, 1.82) is 5.26 Å². The zero-order valence-electron chi connectivity index (χ0n) is 9.16. The molecule has 0 amide bonds. The van der Waals surface area contributed by atoms with Crippen molar-refractivity contribution in [1.82, 2.24) is 4.90 Å². The van der Waals surface area contributed by atoms with E-state index in [1.165, 1.54) is 12.1 Å². The molecule has 0 saturated carbocycles. The van der Waals surface area contributed by atoms with Crippen molar-refractivity contribution in [2.75, 3.05) is 13.1 Å². The molecule has 0 radical (unpaired) electrons. The monoisotopic (exact) mass is 238 g/mol. The molecule has 90 valence electrons. The average molecular weight is 238 g/mol. The zero-order valence-corrected chi connectivity index (χ0v) is 9.16. The number of aliphatic hydroxyl groups is 1. The summed E-state index contributed by atoms with van der Waals surface area (Å²) in [7, 11) is 0. The molecular weight excluding hydrogens is 226 g/mol. The predicted molar refractivity (Wildman–Crippen MR) is 56.8 cm³/mol. The van der Waals surface area contributed by atoms with Crippen LogP contribution in [0.5, 0.6) is 0 Å². The van der Waals surface area contributed by atoms with Gasteiger partial charge < -0.3 is 5.11 Å². The Bertz CT molecular complexity index is 444. The summed E-state index contributed by atoms with van der Waals surface area (Å²) >= 11 is 0. The topological polar surface area (TPSA) is 47.3 Å². The molecule has 1 fully saturated rings. The summed E-state index contributed by atoms with van der Waals surface area (Å²) in [6.07, 6.45) is 0.0843. The van der Waals surface area contributed by atoms with E-state index in [2.05, 4.69) is 0 Å². The van der Waals surface area contributed by atoms with Crippen molar-refractivity contribution < 1.29 is 13.9 Å². The summed E-state index contributed by atoms with van der Waals surface area (Å²) < 4.78 is 25.8. The Balaban J connectivity index is 1.94. The highest BCUT2D eigenvalue weighted by Gasteiger charge is 2.40. The molecule has 3 nitrogen and oxygen atoms in total. The van der Waals surface area contributed by atoms with E-state index < -0.39 is 17.2 Å². The second kappa shape index (κ2) is 4.40. The molecule has 17 heavy (non-hydrogen) atoms. The quantitative estimate of drug-likeness (QED) is 0.866. The van der Waals surface area contributed by atoms with Crippen LogP contribution in [0.4, 0.5) is 8.78 Å². The van der Waals surface area contributed by atoms with Crippen LogP contribution in [0.3, 0.4) is 0 Å². The van der Waals surface area contributed by atoms with Crippen LogP contribution in [0.15, 0.2) is 18.2 Å². The first-order chi connectivity index (χ1) is 8.00. The Morgan fingerprint density at radius 3 is 2.41 bits per heavy atom. The minimum Gasteiger partial charge on any atom is -0.386 e. The number of nitriles is 1. The molecule has 0 atom stereocenters. The largest absolute Gasteiger partial charge is 0.386 e. The third-order valence-corrected chi connectivity index (χ3v) is 2.77. The summed E-state index contributed by atoms with van der Waals surface area (Å²) in [5.41, 5.74) is -0.429. The van der Waals surface area contributed by atoms with Gasteiger partial charge in [0.15, 0.2) is 0 Å². The van der Waals surface area contributed by atoms with E-state index >= 15 is 0 Å². The fourth-order valence-corrected chi connectivity index (χ4v) is 2.12. The predicted octanol–water partition coefficient (Wildman–Crippen LogP) is 1.43. The van der Waals surface area contributed by atoms with Crippen LogP contribution in [-0.2, 0) is 6.54 Å². The lowest BCUT2D eigenvalue weighted by Gasteiger charge is -2.45. The van der Waals surface area contributed by atoms with E-state index in [0.29, 0.717) is 25.2 Å². The molecule has 0 aliphatic carbocycles. The van der Waals surface area contributed by atoms with Gasteiger partial charge in [0.2, 0.25) is 0 Å². The van der Waals surface area contributed by atoms with E-state index in [-0.39, 0.29) is 6.42 Å². The molecule has 1 aliphatic heterocycles. The van der Waals surface area contributed by atoms with Gasteiger partial charge in [0, 0.05) is 25.7 Å². The maximum Gasteiger partial charge on any atom is 0.126 e. The van der Waals surface area contributed by atoms with Gasteiger partial charge in [0.05, 0.1) is 12.5 Å². The Hall–Kier alpha value is -1.51. The van der Waals surface area contributed by atoms with Gasteiger partial charge in [-0.2, -0.15) is 5.26 Å². The fourth-order valence-electron chi connectivity index (χ4n) is 2.12. The lowest BCUT2D eigenvalue weighted by Crippen LogP contribution is -2.60. The normalized spacial score (nSPS) is 18.5. The maximum atomic E-state index is 12.9. The lowest BCUT2D eigenvalue weighted by molar-refractivity contribution is -0.0974. The molecule has 2 rings (SSSR count). The maximum absolute atomic E-state index is 12.9. The molecule has 1 saturated heterocycles. The van der Waals surface area contributed by atoms with Gasteiger partial charge in [-0.3, -0.25) is 4.90 Å². The third-order valence-electron chi connectivity index (χ3n) is 2.77. The standard InChI is InChI=1S/C12H12F2N2O/c13-10-3-9(4-11(14)5-10)6-16-7-12(17,8-16)1-2-15/h3-5,17H,1,6-8H2. The first kappa shape index (κ1) is 12.0. The first-order valence-electron chi connectivity index (χ1n) is 5.27. The molecule has 1 heterocycles. The van der Waals surface area contributed by atoms with Crippen LogP contribution in [0.2, 0.25) is 0 Å². The Morgan fingerprint density at radius 1 is 1.29 bits per heavy atom. The van der Waals surface area contributed by atoms with Crippen molar-refractivity contribution in [2.24, 2.45) is 0 Å². The van der Waals surface area contributed by atoms with Gasteiger partial charge in [-0.05, 0) is 17.7 Å². The first-order valence-corrected chi connectivity index (χ1v) is 5.27. The van der Waals surface area contributed by atoms with E-state index in [9.17, 15) is 13.9 Å². The molecule has 1 N–H and O–H groups in total. The summed E-state index contributed by atoms with van der Waals surface area (Å²) in [5, 5.41) is 18.2. The van der Waals surface area contributed by atoms with Gasteiger partial charge in [-0.1, -0.05) is 0 Å². The fraction of sp³-hybridized carbons (Fsp3) is 0.417. The second-order valence-corrected chi connectivity index (χ2v) is 4.48. The Kier molecular flexibility index (Phi) is 3.09. The van der Waals surface area contributed by atoms with E-state index in [1.54, 1.807) is 0 Å². The molecule has 0 spiro atoms. The van der Waals surface area contributed by atoms with Crippen LogP contribution in [0.1, 0.15) is 12.0 Å². The molecule has 0 bridgehead atoms. The van der Waals surface area contributed by atoms with Crippen LogP contribution in [-0.4, -0.2) is 28.7 Å². The highest BCUT2D eigenvalue weighted by atomic mass is 19.1. The van der Waals surface area contributed by atoms with Gasteiger partial charge in [0.25, 0.3) is 0 Å². The van der Waals surface area contributed by atoms with Gasteiger partial charge in [-0.15, -0.1) is 0 Å². The highest BCUT2D eigenvalue weighted by Crippen LogP contribution is 2.25. The van der Waals surface area contributed by atoms with Crippen molar-refractivity contribution in [3.63, 3.8) is 0 Å². The number of rotatable bonds is 3. The molecule has 5 heteroatoms. The number of hydrogen-bond donors (Lipinski definition) is 1. The average Bonchev–Trinajstić information content (AvgIpc) is 2.13. The second-order valence-electron chi connectivity index (χ2n) is 4.48. The van der Waals surface area contributed by atoms with Crippen LogP contribution in [0.25, 0.3) is 0 Å². The summed E-state index contributed by atoms with van der Waals surface area (Å²) in [6, 6.07) is 5.28. The molecule has 1 aliphatic rings. The number of β-amino-alcohol motifs (C(OH)–C–C–N with tert-alkyl or cyclic N) is 1. The highest BCUT2D eigenvalue weighted by molar-refractivity contribution is 5.18. The van der Waals surface area contributed by atoms with Crippen molar-refractivity contribution in [2.45, 2.75) is 18.6 Å². The Morgan fingerprint density at radius 2 is 1.88 bits per heavy atom. The number of halogens is 2. The molecule has 0 unspecified atom stereocenters. The summed E-state index contributed by atoms with van der Waals surface area (Å²) in [4.78, 5) is 1.84. The number of benzene rings is 1. The zero-order chi connectivity index (χ0) is 12.5. The molecule has 1 aromatic carbocycles. The van der Waals surface area contributed by atoms with Crippen LogP contribution < -0.4 is 0 Å². The van der Waals surface area contributed by atoms with Gasteiger partial charge in [-0.25, -0.2) is 8.78 Å². The van der Waals surface area contributed by atoms with Crippen molar-refractivity contribution in [3.8, 4) is 6.07 Å². The molecular formula is C12H12F2N2O. The van der Waals surface area contributed by atoms with E-state index in [4.69, 9.17) is 5.26 Å².